The maximum atomic E-state index is 13.1. The second kappa shape index (κ2) is 10.2. The monoisotopic (exact) mass is 538 g/mol. The molecule has 0 saturated heterocycles. The Kier molecular flexibility index (Phi) is 6.13. The molecule has 0 fully saturated rings. The normalized spacial score (nSPS) is 15.2. The molecule has 200 valence electrons. The summed E-state index contributed by atoms with van der Waals surface area (Å²) in [6.45, 7) is 0. The first kappa shape index (κ1) is 24.5. The van der Waals surface area contributed by atoms with Crippen LogP contribution in [-0.2, 0) is 0 Å². The molecule has 7 rings (SSSR count). The van der Waals surface area contributed by atoms with Crippen molar-refractivity contribution in [3.8, 4) is 5.75 Å². The number of aromatic nitrogens is 3. The average Bonchev–Trinajstić information content (AvgIpc) is 3.64. The molecule has 0 amide bonds. The van der Waals surface area contributed by atoms with Crippen molar-refractivity contribution < 1.29 is 4.74 Å². The summed E-state index contributed by atoms with van der Waals surface area (Å²) in [7, 11) is 1.61. The van der Waals surface area contributed by atoms with Crippen LogP contribution in [0, 0.1) is 0 Å². The van der Waals surface area contributed by atoms with E-state index in [-0.39, 0.29) is 11.6 Å². The Hall–Kier alpha value is -5.50. The molecule has 2 aromatic heterocycles. The van der Waals surface area contributed by atoms with E-state index in [4.69, 9.17) is 9.84 Å². The third kappa shape index (κ3) is 4.55. The Morgan fingerprint density at radius 3 is 2.46 bits per heavy atom. The number of aromatic amines is 1. The van der Waals surface area contributed by atoms with E-state index in [0.717, 1.165) is 39.8 Å². The Morgan fingerprint density at radius 1 is 0.951 bits per heavy atom. The van der Waals surface area contributed by atoms with Crippen molar-refractivity contribution in [1.82, 2.24) is 14.6 Å². The van der Waals surface area contributed by atoms with Crippen LogP contribution in [0.15, 0.2) is 124 Å². The standard InChI is InChI=1S/C33H26N6O2/c1-41-26-16-17-27-29(18-26)36-32-31(27)34-21-38(33(32)40)35-20-22-12-14-25(15-13-22)39-30(24-10-6-3-7-11-24)19-28(37-39)23-8-4-2-5-9-23/h2-18,20-21,30,36H,19H2,1H3. The van der Waals surface area contributed by atoms with Gasteiger partial charge in [-0.05, 0) is 41.0 Å². The average molecular weight is 539 g/mol. The molecule has 0 aliphatic carbocycles. The zero-order chi connectivity index (χ0) is 27.8. The number of nitrogens with zero attached hydrogens (tertiary/aromatic N) is 5. The van der Waals surface area contributed by atoms with Gasteiger partial charge in [0, 0.05) is 17.9 Å². The fraction of sp³-hybridized carbons (Fsp3) is 0.0909. The number of anilines is 1. The molecule has 8 nitrogen and oxygen atoms in total. The number of hydrogen-bond acceptors (Lipinski definition) is 6. The number of hydrazone groups is 1. The minimum Gasteiger partial charge on any atom is -0.497 e. The van der Waals surface area contributed by atoms with Crippen LogP contribution < -0.4 is 15.3 Å². The Morgan fingerprint density at radius 2 is 1.71 bits per heavy atom. The van der Waals surface area contributed by atoms with Crippen molar-refractivity contribution in [1.29, 1.82) is 0 Å². The van der Waals surface area contributed by atoms with Gasteiger partial charge in [0.25, 0.3) is 5.56 Å². The Labute approximate surface area is 235 Å². The van der Waals surface area contributed by atoms with Gasteiger partial charge in [-0.3, -0.25) is 9.80 Å². The van der Waals surface area contributed by atoms with Crippen molar-refractivity contribution in [3.63, 3.8) is 0 Å². The van der Waals surface area contributed by atoms with E-state index in [1.54, 1.807) is 13.3 Å². The van der Waals surface area contributed by atoms with Gasteiger partial charge in [-0.15, -0.1) is 0 Å². The van der Waals surface area contributed by atoms with Crippen LogP contribution in [0.25, 0.3) is 21.9 Å². The first-order chi connectivity index (χ1) is 20.2. The Balaban J connectivity index is 1.17. The van der Waals surface area contributed by atoms with E-state index < -0.39 is 0 Å². The lowest BCUT2D eigenvalue weighted by Crippen LogP contribution is -2.18. The van der Waals surface area contributed by atoms with Crippen LogP contribution in [-0.4, -0.2) is 33.7 Å². The predicted molar refractivity (Wildman–Crippen MR) is 163 cm³/mol. The summed E-state index contributed by atoms with van der Waals surface area (Å²) < 4.78 is 6.54. The molecular weight excluding hydrogens is 512 g/mol. The molecule has 1 unspecified atom stereocenters. The van der Waals surface area contributed by atoms with Crippen LogP contribution in [0.1, 0.15) is 29.2 Å². The summed E-state index contributed by atoms with van der Waals surface area (Å²) in [4.78, 5) is 20.8. The summed E-state index contributed by atoms with van der Waals surface area (Å²) in [6.07, 6.45) is 3.92. The van der Waals surface area contributed by atoms with Crippen molar-refractivity contribution in [3.05, 3.63) is 136 Å². The minimum atomic E-state index is -0.274. The van der Waals surface area contributed by atoms with Gasteiger partial charge in [-0.2, -0.15) is 14.9 Å². The summed E-state index contributed by atoms with van der Waals surface area (Å²) >= 11 is 0. The second-order valence-electron chi connectivity index (χ2n) is 9.88. The molecule has 6 aromatic rings. The maximum Gasteiger partial charge on any atom is 0.298 e. The maximum absolute atomic E-state index is 13.1. The molecule has 3 heterocycles. The van der Waals surface area contributed by atoms with Gasteiger partial charge in [0.2, 0.25) is 0 Å². The molecule has 1 aliphatic rings. The van der Waals surface area contributed by atoms with Gasteiger partial charge in [-0.1, -0.05) is 72.8 Å². The van der Waals surface area contributed by atoms with Crippen molar-refractivity contribution in [2.75, 3.05) is 12.1 Å². The number of fused-ring (bicyclic) bond motifs is 3. The van der Waals surface area contributed by atoms with Crippen LogP contribution in [0.3, 0.4) is 0 Å². The second-order valence-corrected chi connectivity index (χ2v) is 9.88. The van der Waals surface area contributed by atoms with Crippen molar-refractivity contribution >= 4 is 39.5 Å². The lowest BCUT2D eigenvalue weighted by atomic mass is 9.98. The highest BCUT2D eigenvalue weighted by molar-refractivity contribution is 6.05. The summed E-state index contributed by atoms with van der Waals surface area (Å²) in [5.41, 5.74) is 6.76. The molecule has 0 spiro atoms. The first-order valence-electron chi connectivity index (χ1n) is 13.4. The van der Waals surface area contributed by atoms with E-state index in [9.17, 15) is 4.79 Å². The van der Waals surface area contributed by atoms with Crippen LogP contribution in [0.2, 0.25) is 0 Å². The zero-order valence-corrected chi connectivity index (χ0v) is 22.3. The first-order valence-corrected chi connectivity index (χ1v) is 13.4. The highest BCUT2D eigenvalue weighted by Gasteiger charge is 2.29. The SMILES string of the molecule is COc1ccc2c(c1)[nH]c1c(=O)n(N=Cc3ccc(N4N=C(c5ccccc5)CC4c4ccccc4)cc3)cnc12. The molecule has 0 bridgehead atoms. The largest absolute Gasteiger partial charge is 0.497 e. The quantitative estimate of drug-likeness (QED) is 0.259. The fourth-order valence-corrected chi connectivity index (χ4v) is 5.27. The summed E-state index contributed by atoms with van der Waals surface area (Å²) in [6, 6.07) is 34.5. The lowest BCUT2D eigenvalue weighted by Gasteiger charge is -2.24. The third-order valence-corrected chi connectivity index (χ3v) is 7.39. The summed E-state index contributed by atoms with van der Waals surface area (Å²) in [5, 5.41) is 12.4. The van der Waals surface area contributed by atoms with Crippen molar-refractivity contribution in [2.45, 2.75) is 12.5 Å². The molecule has 0 radical (unpaired) electrons. The van der Waals surface area contributed by atoms with Crippen LogP contribution >= 0.6 is 0 Å². The van der Waals surface area contributed by atoms with Crippen molar-refractivity contribution in [2.24, 2.45) is 10.2 Å². The van der Waals surface area contributed by atoms with E-state index in [1.807, 2.05) is 66.7 Å². The van der Waals surface area contributed by atoms with Gasteiger partial charge in [0.05, 0.1) is 36.3 Å². The Bertz CT molecular complexity index is 1980. The number of rotatable bonds is 6. The molecule has 1 atom stereocenters. The number of benzene rings is 4. The van der Waals surface area contributed by atoms with Crippen LogP contribution in [0.5, 0.6) is 5.75 Å². The fourth-order valence-electron chi connectivity index (χ4n) is 5.27. The van der Waals surface area contributed by atoms with E-state index >= 15 is 0 Å². The van der Waals surface area contributed by atoms with Gasteiger partial charge in [-0.25, -0.2) is 4.98 Å². The van der Waals surface area contributed by atoms with Gasteiger partial charge < -0.3 is 9.72 Å². The number of nitrogens with one attached hydrogen (secondary N) is 1. The molecular formula is C33H26N6O2. The molecule has 8 heteroatoms. The number of hydrogen-bond donors (Lipinski definition) is 1. The van der Waals surface area contributed by atoms with E-state index in [2.05, 4.69) is 56.5 Å². The third-order valence-electron chi connectivity index (χ3n) is 7.39. The van der Waals surface area contributed by atoms with E-state index in [0.29, 0.717) is 16.8 Å². The lowest BCUT2D eigenvalue weighted by molar-refractivity contribution is 0.415. The topological polar surface area (TPSA) is 87.9 Å². The van der Waals surface area contributed by atoms with Gasteiger partial charge >= 0.3 is 0 Å². The molecule has 0 saturated carbocycles. The minimum absolute atomic E-state index is 0.0959. The van der Waals surface area contributed by atoms with Crippen LogP contribution in [0.4, 0.5) is 5.69 Å². The smallest absolute Gasteiger partial charge is 0.298 e. The highest BCUT2D eigenvalue weighted by atomic mass is 16.5. The van der Waals surface area contributed by atoms with Gasteiger partial charge in [0.1, 0.15) is 23.1 Å². The van der Waals surface area contributed by atoms with Gasteiger partial charge in [0.15, 0.2) is 0 Å². The zero-order valence-electron chi connectivity index (χ0n) is 22.3. The summed E-state index contributed by atoms with van der Waals surface area (Å²) in [5.74, 6) is 0.705. The number of ether oxygens (including phenoxy) is 1. The highest BCUT2D eigenvalue weighted by Crippen LogP contribution is 2.36. The number of methoxy groups -OCH3 is 1. The number of H-pyrrole nitrogens is 1. The molecule has 1 N–H and O–H groups in total. The molecule has 1 aliphatic heterocycles. The molecule has 4 aromatic carbocycles. The predicted octanol–water partition coefficient (Wildman–Crippen LogP) is 6.12. The molecule has 41 heavy (non-hydrogen) atoms. The van der Waals surface area contributed by atoms with E-state index in [1.165, 1.54) is 16.6 Å².